The summed E-state index contributed by atoms with van der Waals surface area (Å²) in [5.74, 6) is -0.964. The molecule has 1 heterocycles. The quantitative estimate of drug-likeness (QED) is 0.611. The highest BCUT2D eigenvalue weighted by atomic mass is 32.1. The number of aliphatic carboxylic acids is 1. The van der Waals surface area contributed by atoms with Crippen molar-refractivity contribution in [2.75, 3.05) is 6.61 Å². The van der Waals surface area contributed by atoms with E-state index < -0.39 is 12.6 Å². The maximum Gasteiger partial charge on any atom is 0.341 e. The molecule has 2 atom stereocenters. The Morgan fingerprint density at radius 2 is 1.85 bits per heavy atom. The molecule has 0 aliphatic carbocycles. The van der Waals surface area contributed by atoms with Gasteiger partial charge >= 0.3 is 5.97 Å². The van der Waals surface area contributed by atoms with Crippen molar-refractivity contribution < 1.29 is 24.2 Å². The molecule has 27 heavy (non-hydrogen) atoms. The van der Waals surface area contributed by atoms with Crippen molar-refractivity contribution in [3.05, 3.63) is 52.2 Å². The molecule has 1 aromatic heterocycles. The molecule has 144 valence electrons. The molecule has 2 amide bonds. The van der Waals surface area contributed by atoms with Crippen LogP contribution in [0.4, 0.5) is 0 Å². The summed E-state index contributed by atoms with van der Waals surface area (Å²) in [6.45, 7) is 2.87. The van der Waals surface area contributed by atoms with Crippen LogP contribution in [0.5, 0.6) is 5.75 Å². The molecule has 7 nitrogen and oxygen atoms in total. The van der Waals surface area contributed by atoms with Crippen molar-refractivity contribution in [2.24, 2.45) is 0 Å². The number of ether oxygens (including phenoxy) is 1. The number of benzene rings is 1. The molecule has 2 aromatic rings. The summed E-state index contributed by atoms with van der Waals surface area (Å²) in [6, 6.07) is 10.0. The molecule has 0 radical (unpaired) electrons. The highest BCUT2D eigenvalue weighted by Crippen LogP contribution is 2.23. The minimum Gasteiger partial charge on any atom is -0.482 e. The van der Waals surface area contributed by atoms with E-state index in [1.54, 1.807) is 24.3 Å². The summed E-state index contributed by atoms with van der Waals surface area (Å²) < 4.78 is 5.09. The van der Waals surface area contributed by atoms with Gasteiger partial charge in [-0.3, -0.25) is 9.59 Å². The first-order valence-electron chi connectivity index (χ1n) is 8.39. The van der Waals surface area contributed by atoms with Crippen molar-refractivity contribution in [1.82, 2.24) is 10.6 Å². The van der Waals surface area contributed by atoms with Crippen LogP contribution in [0, 0.1) is 0 Å². The van der Waals surface area contributed by atoms with Crippen LogP contribution >= 0.6 is 11.3 Å². The van der Waals surface area contributed by atoms with Crippen LogP contribution in [-0.4, -0.2) is 29.5 Å². The smallest absolute Gasteiger partial charge is 0.341 e. The molecule has 0 spiro atoms. The Morgan fingerprint density at radius 3 is 2.41 bits per heavy atom. The van der Waals surface area contributed by atoms with Crippen molar-refractivity contribution in [2.45, 2.75) is 32.4 Å². The van der Waals surface area contributed by atoms with Gasteiger partial charge in [-0.05, 0) is 36.1 Å². The fourth-order valence-electron chi connectivity index (χ4n) is 2.52. The number of nitrogens with one attached hydrogen (secondary N) is 2. The largest absolute Gasteiger partial charge is 0.482 e. The fraction of sp³-hybridized carbons (Fsp3) is 0.316. The molecule has 1 aromatic carbocycles. The van der Waals surface area contributed by atoms with E-state index in [2.05, 4.69) is 10.6 Å². The Kier molecular flexibility index (Phi) is 7.36. The Bertz CT molecular complexity index is 774. The number of amides is 2. The second-order valence-electron chi connectivity index (χ2n) is 6.01. The third-order valence-corrected chi connectivity index (χ3v) is 4.76. The van der Waals surface area contributed by atoms with E-state index in [1.165, 1.54) is 18.3 Å². The average Bonchev–Trinajstić information content (AvgIpc) is 3.14. The van der Waals surface area contributed by atoms with Gasteiger partial charge in [-0.15, -0.1) is 11.3 Å². The van der Waals surface area contributed by atoms with E-state index in [4.69, 9.17) is 9.84 Å². The summed E-state index contributed by atoms with van der Waals surface area (Å²) in [7, 11) is 0. The first-order valence-corrected chi connectivity index (χ1v) is 9.27. The molecule has 0 aliphatic rings. The van der Waals surface area contributed by atoms with Crippen LogP contribution in [0.25, 0.3) is 0 Å². The first-order chi connectivity index (χ1) is 12.8. The standard InChI is InChI=1S/C19H22N2O5S/c1-12(14-5-7-15(8-6-14)26-11-19(24)25)20-18(23)10-16(21-13(2)22)17-4-3-9-27-17/h3-9,12,16H,10-11H2,1-2H3,(H,20,23)(H,21,22)(H,24,25). The number of carboxylic acids is 1. The normalized spacial score (nSPS) is 12.7. The number of thiophene rings is 1. The van der Waals surface area contributed by atoms with Gasteiger partial charge in [0.25, 0.3) is 0 Å². The lowest BCUT2D eigenvalue weighted by Gasteiger charge is -2.19. The Hall–Kier alpha value is -2.87. The topological polar surface area (TPSA) is 105 Å². The summed E-state index contributed by atoms with van der Waals surface area (Å²) in [4.78, 5) is 35.3. The fourth-order valence-corrected chi connectivity index (χ4v) is 3.30. The molecule has 0 fully saturated rings. The minimum atomic E-state index is -1.04. The lowest BCUT2D eigenvalue weighted by Crippen LogP contribution is -2.33. The Labute approximate surface area is 161 Å². The van der Waals surface area contributed by atoms with Gasteiger partial charge in [0.05, 0.1) is 18.5 Å². The van der Waals surface area contributed by atoms with Crippen molar-refractivity contribution >= 4 is 29.1 Å². The van der Waals surface area contributed by atoms with Gasteiger partial charge in [-0.25, -0.2) is 4.79 Å². The zero-order valence-electron chi connectivity index (χ0n) is 15.1. The molecule has 2 unspecified atom stereocenters. The lowest BCUT2D eigenvalue weighted by molar-refractivity contribution is -0.139. The molecule has 0 bridgehead atoms. The molecular formula is C19H22N2O5S. The summed E-state index contributed by atoms with van der Waals surface area (Å²) in [6.07, 6.45) is 0.143. The number of carbonyl (C=O) groups excluding carboxylic acids is 2. The highest BCUT2D eigenvalue weighted by Gasteiger charge is 2.19. The summed E-state index contributed by atoms with van der Waals surface area (Å²) in [5.41, 5.74) is 0.859. The zero-order chi connectivity index (χ0) is 19.8. The van der Waals surface area contributed by atoms with Gasteiger partial charge in [0.1, 0.15) is 5.75 Å². The number of hydrogen-bond acceptors (Lipinski definition) is 5. The van der Waals surface area contributed by atoms with Crippen molar-refractivity contribution in [3.8, 4) is 5.75 Å². The molecular weight excluding hydrogens is 368 g/mol. The number of hydrogen-bond donors (Lipinski definition) is 3. The predicted molar refractivity (Wildman–Crippen MR) is 102 cm³/mol. The Morgan fingerprint density at radius 1 is 1.15 bits per heavy atom. The molecule has 0 saturated carbocycles. The van der Waals surface area contributed by atoms with Crippen LogP contribution < -0.4 is 15.4 Å². The molecule has 3 N–H and O–H groups in total. The Balaban J connectivity index is 1.93. The maximum atomic E-state index is 12.4. The van der Waals surface area contributed by atoms with Gasteiger partial charge in [-0.1, -0.05) is 18.2 Å². The summed E-state index contributed by atoms with van der Waals surface area (Å²) in [5, 5.41) is 16.2. The predicted octanol–water partition coefficient (Wildman–Crippen LogP) is 2.66. The number of carboxylic acid groups (broad SMARTS) is 1. The van der Waals surface area contributed by atoms with Crippen molar-refractivity contribution in [1.29, 1.82) is 0 Å². The number of rotatable bonds is 9. The molecule has 8 heteroatoms. The maximum absolute atomic E-state index is 12.4. The molecule has 2 rings (SSSR count). The first kappa shape index (κ1) is 20.4. The summed E-state index contributed by atoms with van der Waals surface area (Å²) >= 11 is 1.49. The van der Waals surface area contributed by atoms with E-state index in [0.717, 1.165) is 10.4 Å². The highest BCUT2D eigenvalue weighted by molar-refractivity contribution is 7.10. The van der Waals surface area contributed by atoms with Gasteiger partial charge in [-0.2, -0.15) is 0 Å². The van der Waals surface area contributed by atoms with Gasteiger partial charge in [0, 0.05) is 11.8 Å². The third-order valence-electron chi connectivity index (χ3n) is 3.77. The van der Waals surface area contributed by atoms with Crippen LogP contribution in [0.15, 0.2) is 41.8 Å². The van der Waals surface area contributed by atoms with Gasteiger partial charge < -0.3 is 20.5 Å². The van der Waals surface area contributed by atoms with E-state index >= 15 is 0 Å². The minimum absolute atomic E-state index is 0.143. The monoisotopic (exact) mass is 390 g/mol. The third kappa shape index (κ3) is 6.74. The number of carbonyl (C=O) groups is 3. The van der Waals surface area contributed by atoms with Crippen molar-refractivity contribution in [3.63, 3.8) is 0 Å². The van der Waals surface area contributed by atoms with Crippen LogP contribution in [0.1, 0.15) is 42.8 Å². The van der Waals surface area contributed by atoms with Gasteiger partial charge in [0.15, 0.2) is 6.61 Å². The second-order valence-corrected chi connectivity index (χ2v) is 6.99. The zero-order valence-corrected chi connectivity index (χ0v) is 15.9. The van der Waals surface area contributed by atoms with Gasteiger partial charge in [0.2, 0.25) is 11.8 Å². The lowest BCUT2D eigenvalue weighted by atomic mass is 10.1. The van der Waals surface area contributed by atoms with E-state index in [-0.39, 0.29) is 30.3 Å². The van der Waals surface area contributed by atoms with Crippen LogP contribution in [0.2, 0.25) is 0 Å². The second kappa shape index (κ2) is 9.72. The van der Waals surface area contributed by atoms with E-state index in [9.17, 15) is 14.4 Å². The van der Waals surface area contributed by atoms with Crippen LogP contribution in [0.3, 0.4) is 0 Å². The SMILES string of the molecule is CC(=O)NC(CC(=O)NC(C)c1ccc(OCC(=O)O)cc1)c1cccs1. The average molecular weight is 390 g/mol. The van der Waals surface area contributed by atoms with E-state index in [1.807, 2.05) is 24.4 Å². The molecule has 0 aliphatic heterocycles. The van der Waals surface area contributed by atoms with E-state index in [0.29, 0.717) is 5.75 Å². The van der Waals surface area contributed by atoms with Crippen LogP contribution in [-0.2, 0) is 14.4 Å². The molecule has 0 saturated heterocycles.